The van der Waals surface area contributed by atoms with Crippen LogP contribution in [0.2, 0.25) is 0 Å². The minimum Gasteiger partial charge on any atom is -0.465 e. The molecule has 2 heterocycles. The highest BCUT2D eigenvalue weighted by Gasteiger charge is 2.34. The number of hydrogen-bond acceptors (Lipinski definition) is 6. The molecule has 182 valence electrons. The maximum absolute atomic E-state index is 12.3. The van der Waals surface area contributed by atoms with E-state index >= 15 is 0 Å². The summed E-state index contributed by atoms with van der Waals surface area (Å²) in [6.07, 6.45) is 14.4. The van der Waals surface area contributed by atoms with Gasteiger partial charge in [0.05, 0.1) is 45.1 Å². The second-order valence-electron chi connectivity index (χ2n) is 9.39. The quantitative estimate of drug-likeness (QED) is 0.132. The molecule has 0 aromatic heterocycles. The fourth-order valence-corrected chi connectivity index (χ4v) is 3.64. The van der Waals surface area contributed by atoms with Crippen LogP contribution in [0.3, 0.4) is 0 Å². The summed E-state index contributed by atoms with van der Waals surface area (Å²) in [5.74, 6) is -0.103. The van der Waals surface area contributed by atoms with Crippen LogP contribution in [-0.4, -0.2) is 64.4 Å². The van der Waals surface area contributed by atoms with Crippen molar-refractivity contribution in [2.45, 2.75) is 103 Å². The Morgan fingerprint density at radius 3 is 1.71 bits per heavy atom. The third kappa shape index (κ3) is 13.5. The first-order valence-electron chi connectivity index (χ1n) is 12.7. The number of rotatable bonds is 22. The van der Waals surface area contributed by atoms with E-state index in [2.05, 4.69) is 13.8 Å². The summed E-state index contributed by atoms with van der Waals surface area (Å²) >= 11 is 0. The van der Waals surface area contributed by atoms with E-state index in [1.165, 1.54) is 51.4 Å². The molecule has 0 amide bonds. The zero-order valence-electron chi connectivity index (χ0n) is 20.0. The average Bonchev–Trinajstić information content (AvgIpc) is 3.69. The van der Waals surface area contributed by atoms with Gasteiger partial charge < -0.3 is 23.7 Å². The largest absolute Gasteiger partial charge is 0.465 e. The molecule has 0 spiro atoms. The average molecular weight is 443 g/mol. The summed E-state index contributed by atoms with van der Waals surface area (Å²) in [6.45, 7) is 8.48. The van der Waals surface area contributed by atoms with Gasteiger partial charge >= 0.3 is 5.97 Å². The molecule has 0 aliphatic carbocycles. The molecule has 2 aliphatic rings. The lowest BCUT2D eigenvalue weighted by Gasteiger charge is -2.31. The molecule has 2 rings (SSSR count). The Bertz CT molecular complexity index is 443. The van der Waals surface area contributed by atoms with Crippen LogP contribution in [-0.2, 0) is 28.5 Å². The first kappa shape index (κ1) is 26.6. The number of carbonyl (C=O) groups is 1. The topological polar surface area (TPSA) is 69.8 Å². The fraction of sp³-hybridized carbons (Fsp3) is 0.960. The van der Waals surface area contributed by atoms with E-state index < -0.39 is 0 Å². The van der Waals surface area contributed by atoms with Gasteiger partial charge in [-0.25, -0.2) is 0 Å². The third-order valence-electron chi connectivity index (χ3n) is 6.25. The van der Waals surface area contributed by atoms with Crippen LogP contribution in [0.4, 0.5) is 0 Å². The highest BCUT2D eigenvalue weighted by Crippen LogP contribution is 2.26. The monoisotopic (exact) mass is 442 g/mol. The van der Waals surface area contributed by atoms with Gasteiger partial charge in [0.2, 0.25) is 0 Å². The molecular formula is C25H46O6. The highest BCUT2D eigenvalue weighted by atomic mass is 16.6. The van der Waals surface area contributed by atoms with Crippen LogP contribution < -0.4 is 0 Å². The molecule has 0 aromatic rings. The number of unbranched alkanes of at least 4 members (excludes halogenated alkanes) is 9. The van der Waals surface area contributed by atoms with E-state index in [9.17, 15) is 4.79 Å². The van der Waals surface area contributed by atoms with Crippen molar-refractivity contribution < 1.29 is 28.5 Å². The van der Waals surface area contributed by atoms with Gasteiger partial charge in [-0.05, 0) is 12.8 Å². The maximum Gasteiger partial charge on any atom is 0.305 e. The summed E-state index contributed by atoms with van der Waals surface area (Å²) in [7, 11) is 0. The molecule has 2 fully saturated rings. The Balaban J connectivity index is 1.55. The first-order chi connectivity index (χ1) is 15.2. The van der Waals surface area contributed by atoms with Crippen LogP contribution in [0.1, 0.15) is 90.9 Å². The fourth-order valence-electron chi connectivity index (χ4n) is 3.64. The summed E-state index contributed by atoms with van der Waals surface area (Å²) in [5, 5.41) is 0. The van der Waals surface area contributed by atoms with Gasteiger partial charge in [0.25, 0.3) is 0 Å². The van der Waals surface area contributed by atoms with Crippen molar-refractivity contribution in [1.82, 2.24) is 0 Å². The predicted octanol–water partition coefficient (Wildman–Crippen LogP) is 5.07. The van der Waals surface area contributed by atoms with Gasteiger partial charge in [-0.2, -0.15) is 0 Å². The molecule has 2 atom stereocenters. The van der Waals surface area contributed by atoms with E-state index in [0.717, 1.165) is 32.5 Å². The number of esters is 1. The summed E-state index contributed by atoms with van der Waals surface area (Å²) < 4.78 is 27.8. The van der Waals surface area contributed by atoms with E-state index in [-0.39, 0.29) is 23.6 Å². The molecule has 0 bridgehead atoms. The molecule has 2 unspecified atom stereocenters. The summed E-state index contributed by atoms with van der Waals surface area (Å²) in [6, 6.07) is 0. The van der Waals surface area contributed by atoms with Crippen molar-refractivity contribution in [2.24, 2.45) is 5.41 Å². The minimum atomic E-state index is -0.308. The van der Waals surface area contributed by atoms with Gasteiger partial charge in [-0.15, -0.1) is 0 Å². The predicted molar refractivity (Wildman–Crippen MR) is 121 cm³/mol. The SMILES string of the molecule is CCCCCCCCCCCCC(=O)OCC(CC)(COCC1CO1)COCC1CO1. The van der Waals surface area contributed by atoms with Crippen LogP contribution in [0.25, 0.3) is 0 Å². The Labute approximate surface area is 189 Å². The van der Waals surface area contributed by atoms with Crippen molar-refractivity contribution in [3.63, 3.8) is 0 Å². The zero-order valence-corrected chi connectivity index (χ0v) is 20.0. The van der Waals surface area contributed by atoms with Gasteiger partial charge in [0, 0.05) is 6.42 Å². The second-order valence-corrected chi connectivity index (χ2v) is 9.39. The molecule has 2 saturated heterocycles. The number of epoxide rings is 2. The minimum absolute atomic E-state index is 0.103. The Morgan fingerprint density at radius 2 is 1.26 bits per heavy atom. The normalized spacial score (nSPS) is 21.6. The number of hydrogen-bond donors (Lipinski definition) is 0. The van der Waals surface area contributed by atoms with Gasteiger partial charge in [-0.1, -0.05) is 71.6 Å². The van der Waals surface area contributed by atoms with Crippen LogP contribution in [0.15, 0.2) is 0 Å². The molecule has 0 saturated carbocycles. The molecule has 2 aliphatic heterocycles. The van der Waals surface area contributed by atoms with Gasteiger partial charge in [0.1, 0.15) is 18.8 Å². The lowest BCUT2D eigenvalue weighted by Crippen LogP contribution is -2.38. The third-order valence-corrected chi connectivity index (χ3v) is 6.25. The van der Waals surface area contributed by atoms with E-state index in [0.29, 0.717) is 39.5 Å². The van der Waals surface area contributed by atoms with E-state index in [1.807, 2.05) is 0 Å². The van der Waals surface area contributed by atoms with Crippen molar-refractivity contribution >= 4 is 5.97 Å². The molecule has 31 heavy (non-hydrogen) atoms. The highest BCUT2D eigenvalue weighted by molar-refractivity contribution is 5.69. The lowest BCUT2D eigenvalue weighted by atomic mass is 9.88. The van der Waals surface area contributed by atoms with Crippen LogP contribution in [0.5, 0.6) is 0 Å². The Kier molecular flexibility index (Phi) is 13.7. The molecule has 0 N–H and O–H groups in total. The second kappa shape index (κ2) is 16.0. The van der Waals surface area contributed by atoms with Gasteiger partial charge in [0.15, 0.2) is 0 Å². The van der Waals surface area contributed by atoms with E-state index in [4.69, 9.17) is 23.7 Å². The molecule has 0 aromatic carbocycles. The van der Waals surface area contributed by atoms with E-state index in [1.54, 1.807) is 0 Å². The van der Waals surface area contributed by atoms with Crippen molar-refractivity contribution in [3.05, 3.63) is 0 Å². The number of carbonyl (C=O) groups excluding carboxylic acids is 1. The maximum atomic E-state index is 12.3. The van der Waals surface area contributed by atoms with Crippen molar-refractivity contribution in [1.29, 1.82) is 0 Å². The standard InChI is InChI=1S/C25H46O6/c1-3-5-6-7-8-9-10-11-12-13-14-24(26)31-21-25(4-2,19-27-15-22-17-29-22)20-28-16-23-18-30-23/h22-23H,3-21H2,1-2H3. The summed E-state index contributed by atoms with van der Waals surface area (Å²) in [5.41, 5.74) is -0.308. The summed E-state index contributed by atoms with van der Waals surface area (Å²) in [4.78, 5) is 12.3. The van der Waals surface area contributed by atoms with Crippen molar-refractivity contribution in [3.8, 4) is 0 Å². The Morgan fingerprint density at radius 1 is 0.774 bits per heavy atom. The van der Waals surface area contributed by atoms with Crippen LogP contribution >= 0.6 is 0 Å². The molecule has 6 nitrogen and oxygen atoms in total. The van der Waals surface area contributed by atoms with Crippen molar-refractivity contribution in [2.75, 3.05) is 46.2 Å². The lowest BCUT2D eigenvalue weighted by molar-refractivity contribution is -0.152. The van der Waals surface area contributed by atoms with Gasteiger partial charge in [-0.3, -0.25) is 4.79 Å². The first-order valence-corrected chi connectivity index (χ1v) is 12.7. The number of ether oxygens (including phenoxy) is 5. The smallest absolute Gasteiger partial charge is 0.305 e. The van der Waals surface area contributed by atoms with Crippen LogP contribution in [0, 0.1) is 5.41 Å². The zero-order chi connectivity index (χ0) is 22.2. The molecule has 0 radical (unpaired) electrons. The Hall–Kier alpha value is -0.690. The molecule has 6 heteroatoms. The molecular weight excluding hydrogens is 396 g/mol.